The zero-order valence-electron chi connectivity index (χ0n) is 11.6. The van der Waals surface area contributed by atoms with Crippen LogP contribution in [0, 0.1) is 0 Å². The molecule has 1 aromatic heterocycles. The van der Waals surface area contributed by atoms with Crippen molar-refractivity contribution in [3.8, 4) is 5.75 Å². The molecule has 0 bridgehead atoms. The van der Waals surface area contributed by atoms with Crippen LogP contribution < -0.4 is 4.43 Å². The molecule has 0 aliphatic heterocycles. The first-order chi connectivity index (χ1) is 9.04. The second-order valence-corrected chi connectivity index (χ2v) is 10.7. The summed E-state index contributed by atoms with van der Waals surface area (Å²) in [6.07, 6.45) is 1.93. The van der Waals surface area contributed by atoms with Crippen LogP contribution in [-0.2, 0) is 6.54 Å². The molecule has 1 heterocycles. The molecule has 0 saturated heterocycles. The molecule has 0 radical (unpaired) electrons. The standard InChI is InChI=1S/C15H19NOSSi/c1-19(2,3)17-15-9-5-4-7-13(15)11-16-12-14-8-6-10-18-14/h4-10,12H,11H2,1-3H3. The molecule has 2 aromatic rings. The normalized spacial score (nSPS) is 11.9. The number of rotatable bonds is 5. The van der Waals surface area contributed by atoms with Crippen molar-refractivity contribution in [2.75, 3.05) is 0 Å². The number of para-hydroxylation sites is 1. The summed E-state index contributed by atoms with van der Waals surface area (Å²) in [5.74, 6) is 0.977. The van der Waals surface area contributed by atoms with Crippen LogP contribution >= 0.6 is 11.3 Å². The van der Waals surface area contributed by atoms with Gasteiger partial charge in [0.2, 0.25) is 8.32 Å². The minimum absolute atomic E-state index is 0.665. The van der Waals surface area contributed by atoms with Gasteiger partial charge in [-0.05, 0) is 37.2 Å². The maximum Gasteiger partial charge on any atom is 0.242 e. The van der Waals surface area contributed by atoms with E-state index >= 15 is 0 Å². The van der Waals surface area contributed by atoms with Crippen molar-refractivity contribution in [3.05, 3.63) is 52.2 Å². The Morgan fingerprint density at radius 2 is 1.95 bits per heavy atom. The molecule has 0 unspecified atom stereocenters. The quantitative estimate of drug-likeness (QED) is 0.583. The lowest BCUT2D eigenvalue weighted by Crippen LogP contribution is -2.29. The third-order valence-corrected chi connectivity index (χ3v) is 4.05. The molecule has 0 saturated carbocycles. The Kier molecular flexibility index (Phi) is 4.55. The molecular formula is C15H19NOSSi. The highest BCUT2D eigenvalue weighted by atomic mass is 32.1. The molecule has 0 fully saturated rings. The van der Waals surface area contributed by atoms with Crippen molar-refractivity contribution in [1.29, 1.82) is 0 Å². The number of nitrogens with zero attached hydrogens (tertiary/aromatic N) is 1. The van der Waals surface area contributed by atoms with Crippen LogP contribution in [0.2, 0.25) is 19.6 Å². The predicted molar refractivity (Wildman–Crippen MR) is 86.0 cm³/mol. The highest BCUT2D eigenvalue weighted by molar-refractivity contribution is 7.11. The Morgan fingerprint density at radius 1 is 1.16 bits per heavy atom. The van der Waals surface area contributed by atoms with Gasteiger partial charge in [0.1, 0.15) is 5.75 Å². The molecule has 0 amide bonds. The summed E-state index contributed by atoms with van der Waals surface area (Å²) in [4.78, 5) is 5.68. The first kappa shape index (κ1) is 14.0. The van der Waals surface area contributed by atoms with Gasteiger partial charge in [-0.15, -0.1) is 11.3 Å². The lowest BCUT2D eigenvalue weighted by Gasteiger charge is -2.21. The van der Waals surface area contributed by atoms with Gasteiger partial charge in [0.15, 0.2) is 0 Å². The summed E-state index contributed by atoms with van der Waals surface area (Å²) in [6.45, 7) is 7.24. The topological polar surface area (TPSA) is 21.6 Å². The number of thiophene rings is 1. The Labute approximate surface area is 119 Å². The molecule has 0 atom stereocenters. The van der Waals surface area contributed by atoms with E-state index in [4.69, 9.17) is 4.43 Å². The molecule has 1 aromatic carbocycles. The molecule has 0 N–H and O–H groups in total. The number of aliphatic imine (C=N–C) groups is 1. The lowest BCUT2D eigenvalue weighted by molar-refractivity contribution is 0.549. The SMILES string of the molecule is C[Si](C)(C)Oc1ccccc1CN=Cc1cccs1. The van der Waals surface area contributed by atoms with Gasteiger partial charge in [0.05, 0.1) is 6.54 Å². The monoisotopic (exact) mass is 289 g/mol. The Balaban J connectivity index is 2.08. The molecule has 19 heavy (non-hydrogen) atoms. The fraction of sp³-hybridized carbons (Fsp3) is 0.267. The summed E-state index contributed by atoms with van der Waals surface area (Å²) in [7, 11) is -1.57. The van der Waals surface area contributed by atoms with Crippen molar-refractivity contribution in [2.24, 2.45) is 4.99 Å². The van der Waals surface area contributed by atoms with Crippen LogP contribution in [0.3, 0.4) is 0 Å². The highest BCUT2D eigenvalue weighted by Gasteiger charge is 2.17. The largest absolute Gasteiger partial charge is 0.544 e. The second-order valence-electron chi connectivity index (χ2n) is 5.31. The van der Waals surface area contributed by atoms with E-state index in [1.165, 1.54) is 4.88 Å². The van der Waals surface area contributed by atoms with Gasteiger partial charge < -0.3 is 4.43 Å². The van der Waals surface area contributed by atoms with Gasteiger partial charge in [-0.3, -0.25) is 4.99 Å². The van der Waals surface area contributed by atoms with Crippen LogP contribution in [0.25, 0.3) is 0 Å². The Morgan fingerprint density at radius 3 is 2.63 bits per heavy atom. The number of benzene rings is 1. The van der Waals surface area contributed by atoms with E-state index in [0.29, 0.717) is 6.54 Å². The summed E-state index contributed by atoms with van der Waals surface area (Å²) in [6, 6.07) is 12.3. The van der Waals surface area contributed by atoms with Gasteiger partial charge in [0, 0.05) is 16.7 Å². The maximum absolute atomic E-state index is 6.09. The van der Waals surface area contributed by atoms with Gasteiger partial charge in [-0.1, -0.05) is 24.3 Å². The van der Waals surface area contributed by atoms with Gasteiger partial charge in [-0.2, -0.15) is 0 Å². The first-order valence-electron chi connectivity index (χ1n) is 6.35. The van der Waals surface area contributed by atoms with Crippen molar-refractivity contribution in [3.63, 3.8) is 0 Å². The van der Waals surface area contributed by atoms with E-state index in [1.54, 1.807) is 11.3 Å². The van der Waals surface area contributed by atoms with E-state index in [2.05, 4.69) is 42.1 Å². The fourth-order valence-electron chi connectivity index (χ4n) is 1.66. The highest BCUT2D eigenvalue weighted by Crippen LogP contribution is 2.22. The summed E-state index contributed by atoms with van der Waals surface area (Å²) in [5, 5.41) is 2.06. The third kappa shape index (κ3) is 4.65. The van der Waals surface area contributed by atoms with E-state index in [-0.39, 0.29) is 0 Å². The van der Waals surface area contributed by atoms with Crippen molar-refractivity contribution < 1.29 is 4.43 Å². The molecule has 0 spiro atoms. The van der Waals surface area contributed by atoms with Gasteiger partial charge in [0.25, 0.3) is 0 Å². The van der Waals surface area contributed by atoms with Gasteiger partial charge >= 0.3 is 0 Å². The molecular weight excluding hydrogens is 270 g/mol. The Bertz CT molecular complexity index is 544. The maximum atomic E-state index is 6.09. The second kappa shape index (κ2) is 6.17. The smallest absolute Gasteiger partial charge is 0.242 e. The summed E-state index contributed by atoms with van der Waals surface area (Å²) >= 11 is 1.70. The van der Waals surface area contributed by atoms with E-state index < -0.39 is 8.32 Å². The Hall–Kier alpha value is -1.39. The van der Waals surface area contributed by atoms with Gasteiger partial charge in [-0.25, -0.2) is 0 Å². The van der Waals surface area contributed by atoms with E-state index in [1.807, 2.05) is 30.5 Å². The third-order valence-electron chi connectivity index (χ3n) is 2.41. The van der Waals surface area contributed by atoms with E-state index in [0.717, 1.165) is 11.3 Å². The zero-order chi connectivity index (χ0) is 13.7. The predicted octanol–water partition coefficient (Wildman–Crippen LogP) is 4.58. The summed E-state index contributed by atoms with van der Waals surface area (Å²) in [5.41, 5.74) is 1.15. The molecule has 4 heteroatoms. The molecule has 2 rings (SSSR count). The van der Waals surface area contributed by atoms with Crippen molar-refractivity contribution >= 4 is 25.9 Å². The van der Waals surface area contributed by atoms with Crippen LogP contribution in [0.1, 0.15) is 10.4 Å². The molecule has 0 aliphatic rings. The van der Waals surface area contributed by atoms with Crippen LogP contribution in [0.15, 0.2) is 46.8 Å². The van der Waals surface area contributed by atoms with Crippen molar-refractivity contribution in [1.82, 2.24) is 0 Å². The lowest BCUT2D eigenvalue weighted by atomic mass is 10.2. The van der Waals surface area contributed by atoms with E-state index in [9.17, 15) is 0 Å². The average molecular weight is 289 g/mol. The number of hydrogen-bond acceptors (Lipinski definition) is 3. The first-order valence-corrected chi connectivity index (χ1v) is 10.6. The van der Waals surface area contributed by atoms with Crippen LogP contribution in [0.5, 0.6) is 5.75 Å². The van der Waals surface area contributed by atoms with Crippen LogP contribution in [-0.4, -0.2) is 14.5 Å². The minimum atomic E-state index is -1.57. The number of hydrogen-bond donors (Lipinski definition) is 0. The van der Waals surface area contributed by atoms with Crippen molar-refractivity contribution in [2.45, 2.75) is 26.2 Å². The molecule has 2 nitrogen and oxygen atoms in total. The fourth-order valence-corrected chi connectivity index (χ4v) is 3.13. The summed E-state index contributed by atoms with van der Waals surface area (Å²) < 4.78 is 6.09. The molecule has 0 aliphatic carbocycles. The minimum Gasteiger partial charge on any atom is -0.544 e. The zero-order valence-corrected chi connectivity index (χ0v) is 13.4. The molecule has 100 valence electrons. The average Bonchev–Trinajstić information content (AvgIpc) is 2.82. The van der Waals surface area contributed by atoms with Crippen LogP contribution in [0.4, 0.5) is 0 Å².